The maximum absolute atomic E-state index is 13.3. The van der Waals surface area contributed by atoms with Crippen LogP contribution in [0.2, 0.25) is 0 Å². The van der Waals surface area contributed by atoms with Crippen LogP contribution in [0.5, 0.6) is 0 Å². The van der Waals surface area contributed by atoms with Gasteiger partial charge >= 0.3 is 0 Å². The van der Waals surface area contributed by atoms with Gasteiger partial charge in [0.2, 0.25) is 10.0 Å². The number of aryl methyl sites for hydroxylation is 3. The largest absolute Gasteiger partial charge is 0.369 e. The molecule has 3 heterocycles. The van der Waals surface area contributed by atoms with Crippen molar-refractivity contribution in [3.8, 4) is 9.88 Å². The van der Waals surface area contributed by atoms with Crippen molar-refractivity contribution >= 4 is 44.2 Å². The molecule has 0 N–H and O–H groups in total. The molecule has 164 valence electrons. The third-order valence-corrected chi connectivity index (χ3v) is 10.1. The van der Waals surface area contributed by atoms with Gasteiger partial charge in [0.15, 0.2) is 5.78 Å². The Labute approximate surface area is 191 Å². The number of benzene rings is 1. The van der Waals surface area contributed by atoms with E-state index in [0.717, 1.165) is 31.0 Å². The molecule has 0 unspecified atom stereocenters. The molecule has 1 aliphatic heterocycles. The topological polar surface area (TPSA) is 70.6 Å². The Bertz CT molecular complexity index is 1200. The second kappa shape index (κ2) is 8.46. The monoisotopic (exact) mass is 475 g/mol. The number of thiophene rings is 1. The van der Waals surface area contributed by atoms with Crippen molar-refractivity contribution in [3.05, 3.63) is 51.3 Å². The highest BCUT2D eigenvalue weighted by molar-refractivity contribution is 7.89. The number of nitrogens with zero attached hydrogens (tertiary/aromatic N) is 3. The number of thiazole rings is 1. The molecule has 0 aliphatic carbocycles. The predicted molar refractivity (Wildman–Crippen MR) is 127 cm³/mol. The molecule has 6 nitrogen and oxygen atoms in total. The lowest BCUT2D eigenvalue weighted by Gasteiger charge is -2.35. The van der Waals surface area contributed by atoms with Crippen molar-refractivity contribution < 1.29 is 13.2 Å². The van der Waals surface area contributed by atoms with Crippen LogP contribution in [0.3, 0.4) is 0 Å². The van der Waals surface area contributed by atoms with Gasteiger partial charge in [0.05, 0.1) is 15.5 Å². The van der Waals surface area contributed by atoms with Gasteiger partial charge in [0, 0.05) is 47.2 Å². The number of aromatic nitrogens is 1. The molecule has 1 saturated heterocycles. The van der Waals surface area contributed by atoms with Crippen molar-refractivity contribution in [2.75, 3.05) is 31.1 Å². The van der Waals surface area contributed by atoms with E-state index in [4.69, 9.17) is 0 Å². The maximum Gasteiger partial charge on any atom is 0.244 e. The number of hydrogen-bond donors (Lipinski definition) is 0. The Morgan fingerprint density at radius 2 is 1.61 bits per heavy atom. The van der Waals surface area contributed by atoms with Crippen LogP contribution in [0, 0.1) is 20.8 Å². The molecule has 0 amide bonds. The predicted octanol–water partition coefficient (Wildman–Crippen LogP) is 4.51. The summed E-state index contributed by atoms with van der Waals surface area (Å²) in [6.45, 7) is 9.49. The molecule has 1 fully saturated rings. The van der Waals surface area contributed by atoms with Crippen LogP contribution in [-0.4, -0.2) is 49.7 Å². The summed E-state index contributed by atoms with van der Waals surface area (Å²) in [6, 6.07) is 9.26. The first-order valence-corrected chi connectivity index (χ1v) is 13.1. The van der Waals surface area contributed by atoms with Gasteiger partial charge in [-0.05, 0) is 58.0 Å². The smallest absolute Gasteiger partial charge is 0.244 e. The molecule has 0 saturated carbocycles. The average Bonchev–Trinajstić information content (AvgIpc) is 3.30. The van der Waals surface area contributed by atoms with Crippen LogP contribution < -0.4 is 4.90 Å². The van der Waals surface area contributed by atoms with Crippen molar-refractivity contribution in [1.29, 1.82) is 0 Å². The van der Waals surface area contributed by atoms with E-state index in [1.807, 2.05) is 45.0 Å². The highest BCUT2D eigenvalue weighted by Gasteiger charge is 2.31. The first-order chi connectivity index (χ1) is 14.7. The van der Waals surface area contributed by atoms with Crippen molar-refractivity contribution in [3.63, 3.8) is 0 Å². The molecule has 4 rings (SSSR count). The van der Waals surface area contributed by atoms with Gasteiger partial charge in [-0.3, -0.25) is 4.79 Å². The van der Waals surface area contributed by atoms with Gasteiger partial charge in [-0.25, -0.2) is 13.4 Å². The fraction of sp³-hybridized carbons (Fsp3) is 0.364. The van der Waals surface area contributed by atoms with E-state index in [-0.39, 0.29) is 5.78 Å². The zero-order valence-corrected chi connectivity index (χ0v) is 20.5. The Hall–Kier alpha value is -2.07. The summed E-state index contributed by atoms with van der Waals surface area (Å²) in [4.78, 5) is 21.4. The SMILES string of the molecule is CC(=O)c1ccc(N2CCN(S(=O)(=O)c3cc(-c4nc(C)c(C)s4)sc3C)CC2)cc1. The van der Waals surface area contributed by atoms with Gasteiger partial charge in [0.1, 0.15) is 5.01 Å². The fourth-order valence-corrected chi connectivity index (χ4v) is 7.58. The molecule has 1 aliphatic rings. The van der Waals surface area contributed by atoms with E-state index in [9.17, 15) is 13.2 Å². The van der Waals surface area contributed by atoms with Gasteiger partial charge in [-0.2, -0.15) is 4.31 Å². The third-order valence-electron chi connectivity index (χ3n) is 5.61. The first kappa shape index (κ1) is 22.1. The molecule has 0 spiro atoms. The molecule has 9 heteroatoms. The summed E-state index contributed by atoms with van der Waals surface area (Å²) in [5.74, 6) is 0.0380. The minimum absolute atomic E-state index is 0.0380. The quantitative estimate of drug-likeness (QED) is 0.508. The normalized spacial score (nSPS) is 15.4. The zero-order valence-electron chi connectivity index (χ0n) is 18.0. The Balaban J connectivity index is 1.50. The Kier molecular flexibility index (Phi) is 6.04. The molecule has 1 aromatic carbocycles. The maximum atomic E-state index is 13.3. The van der Waals surface area contributed by atoms with Gasteiger partial charge in [-0.1, -0.05) is 0 Å². The highest BCUT2D eigenvalue weighted by Crippen LogP contribution is 2.37. The number of anilines is 1. The molecular weight excluding hydrogens is 450 g/mol. The first-order valence-electron chi connectivity index (χ1n) is 10.1. The number of carbonyl (C=O) groups excluding carboxylic acids is 1. The molecule has 0 bridgehead atoms. The van der Waals surface area contributed by atoms with Crippen molar-refractivity contribution in [2.24, 2.45) is 0 Å². The van der Waals surface area contributed by atoms with Crippen LogP contribution in [-0.2, 0) is 10.0 Å². The zero-order chi connectivity index (χ0) is 22.3. The summed E-state index contributed by atoms with van der Waals surface area (Å²) >= 11 is 3.08. The van der Waals surface area contributed by atoms with E-state index in [2.05, 4.69) is 9.88 Å². The standard InChI is InChI=1S/C22H25N3O3S3/c1-14-16(3)30-22(23-14)20-13-21(17(4)29-20)31(27,28)25-11-9-24(10-12-25)19-7-5-18(6-8-19)15(2)26/h5-8,13H,9-12H2,1-4H3. The molecule has 3 aromatic rings. The lowest BCUT2D eigenvalue weighted by Crippen LogP contribution is -2.48. The number of sulfonamides is 1. The minimum Gasteiger partial charge on any atom is -0.369 e. The number of hydrogen-bond acceptors (Lipinski definition) is 7. The number of rotatable bonds is 5. The molecule has 31 heavy (non-hydrogen) atoms. The summed E-state index contributed by atoms with van der Waals surface area (Å²) in [5, 5.41) is 0.878. The minimum atomic E-state index is -3.56. The summed E-state index contributed by atoms with van der Waals surface area (Å²) in [6.07, 6.45) is 0. The second-order valence-electron chi connectivity index (χ2n) is 7.69. The summed E-state index contributed by atoms with van der Waals surface area (Å²) in [7, 11) is -3.56. The lowest BCUT2D eigenvalue weighted by molar-refractivity contribution is 0.101. The number of Topliss-reactive ketones (excluding diaryl/α,β-unsaturated/α-hetero) is 1. The average molecular weight is 476 g/mol. The van der Waals surface area contributed by atoms with Gasteiger partial charge < -0.3 is 4.90 Å². The number of piperazine rings is 1. The second-order valence-corrected chi connectivity index (χ2v) is 12.1. The number of ketones is 1. The fourth-order valence-electron chi connectivity index (χ4n) is 3.64. The van der Waals surface area contributed by atoms with E-state index in [0.29, 0.717) is 36.6 Å². The molecule has 2 aromatic heterocycles. The molecule has 0 atom stereocenters. The van der Waals surface area contributed by atoms with E-state index in [1.54, 1.807) is 28.6 Å². The highest BCUT2D eigenvalue weighted by atomic mass is 32.2. The molecule has 0 radical (unpaired) electrons. The van der Waals surface area contributed by atoms with E-state index >= 15 is 0 Å². The summed E-state index contributed by atoms with van der Waals surface area (Å²) < 4.78 is 28.3. The van der Waals surface area contributed by atoms with Crippen LogP contribution >= 0.6 is 22.7 Å². The number of carbonyl (C=O) groups is 1. The van der Waals surface area contributed by atoms with Crippen molar-refractivity contribution in [2.45, 2.75) is 32.6 Å². The van der Waals surface area contributed by atoms with E-state index < -0.39 is 10.0 Å². The molecular formula is C22H25N3O3S3. The Morgan fingerprint density at radius 3 is 2.16 bits per heavy atom. The van der Waals surface area contributed by atoms with Crippen LogP contribution in [0.4, 0.5) is 5.69 Å². The van der Waals surface area contributed by atoms with Gasteiger partial charge in [0.25, 0.3) is 0 Å². The lowest BCUT2D eigenvalue weighted by atomic mass is 10.1. The summed E-state index contributed by atoms with van der Waals surface area (Å²) in [5.41, 5.74) is 2.67. The van der Waals surface area contributed by atoms with Gasteiger partial charge in [-0.15, -0.1) is 22.7 Å². The third kappa shape index (κ3) is 4.32. The van der Waals surface area contributed by atoms with E-state index in [1.165, 1.54) is 11.3 Å². The van der Waals surface area contributed by atoms with Crippen LogP contribution in [0.25, 0.3) is 9.88 Å². The van der Waals surface area contributed by atoms with Crippen molar-refractivity contribution in [1.82, 2.24) is 9.29 Å². The van der Waals surface area contributed by atoms with Crippen LogP contribution in [0.1, 0.15) is 32.7 Å². The Morgan fingerprint density at radius 1 is 0.968 bits per heavy atom. The van der Waals surface area contributed by atoms with Crippen LogP contribution in [0.15, 0.2) is 35.2 Å².